The van der Waals surface area contributed by atoms with Crippen molar-refractivity contribution in [2.45, 2.75) is 0 Å². The summed E-state index contributed by atoms with van der Waals surface area (Å²) in [6.07, 6.45) is 1.11. The molecule has 4 nitrogen and oxygen atoms in total. The van der Waals surface area contributed by atoms with Crippen LogP contribution in [0.4, 0.5) is 0 Å². The predicted octanol–water partition coefficient (Wildman–Crippen LogP) is 0.988. The predicted molar refractivity (Wildman–Crippen MR) is 53.5 cm³/mol. The Balaban J connectivity index is 2.99. The van der Waals surface area contributed by atoms with E-state index in [1.165, 1.54) is 0 Å². The molecule has 0 aliphatic rings. The molecule has 0 rings (SSSR count). The van der Waals surface area contributed by atoms with Crippen LogP contribution in [0.3, 0.4) is 0 Å². The second-order valence-electron chi connectivity index (χ2n) is 2.29. The van der Waals surface area contributed by atoms with Gasteiger partial charge in [0.05, 0.1) is 26.4 Å². The van der Waals surface area contributed by atoms with Gasteiger partial charge in [-0.15, -0.1) is 11.6 Å². The second kappa shape index (κ2) is 10.5. The Morgan fingerprint density at radius 2 is 1.71 bits per heavy atom. The molecule has 0 spiro atoms. The molecule has 14 heavy (non-hydrogen) atoms. The zero-order valence-electron chi connectivity index (χ0n) is 8.04. The highest BCUT2D eigenvalue weighted by Gasteiger charge is 1.94. The molecular formula is C9H15ClO4. The van der Waals surface area contributed by atoms with Gasteiger partial charge in [0.15, 0.2) is 0 Å². The van der Waals surface area contributed by atoms with Gasteiger partial charge in [-0.05, 0) is 0 Å². The van der Waals surface area contributed by atoms with Gasteiger partial charge in [-0.3, -0.25) is 0 Å². The second-order valence-corrected chi connectivity index (χ2v) is 2.66. The van der Waals surface area contributed by atoms with E-state index in [4.69, 9.17) is 21.1 Å². The molecule has 5 heteroatoms. The van der Waals surface area contributed by atoms with Crippen LogP contribution in [0.1, 0.15) is 0 Å². The molecule has 0 heterocycles. The number of carbonyl (C=O) groups is 1. The Labute approximate surface area is 88.8 Å². The molecule has 82 valence electrons. The first-order valence-electron chi connectivity index (χ1n) is 4.32. The average molecular weight is 223 g/mol. The number of hydrogen-bond acceptors (Lipinski definition) is 4. The number of esters is 1. The van der Waals surface area contributed by atoms with E-state index in [-0.39, 0.29) is 6.61 Å². The number of rotatable bonds is 9. The van der Waals surface area contributed by atoms with Crippen molar-refractivity contribution in [3.05, 3.63) is 12.7 Å². The van der Waals surface area contributed by atoms with Gasteiger partial charge in [-0.1, -0.05) is 6.58 Å². The van der Waals surface area contributed by atoms with Crippen LogP contribution in [0.5, 0.6) is 0 Å². The molecule has 0 bridgehead atoms. The van der Waals surface area contributed by atoms with Crippen LogP contribution in [0.2, 0.25) is 0 Å². The summed E-state index contributed by atoms with van der Waals surface area (Å²) >= 11 is 5.38. The van der Waals surface area contributed by atoms with E-state index in [1.807, 2.05) is 0 Å². The maximum absolute atomic E-state index is 10.6. The SMILES string of the molecule is C=CC(=O)OCCOCCOCCCl. The Kier molecular flexibility index (Phi) is 10.1. The van der Waals surface area contributed by atoms with E-state index in [0.717, 1.165) is 6.08 Å². The zero-order valence-corrected chi connectivity index (χ0v) is 8.79. The minimum absolute atomic E-state index is 0.236. The summed E-state index contributed by atoms with van der Waals surface area (Å²) in [4.78, 5) is 10.6. The highest BCUT2D eigenvalue weighted by molar-refractivity contribution is 6.17. The first kappa shape index (κ1) is 13.4. The molecule has 0 aromatic heterocycles. The fourth-order valence-corrected chi connectivity index (χ4v) is 0.746. The zero-order chi connectivity index (χ0) is 10.6. The van der Waals surface area contributed by atoms with Crippen molar-refractivity contribution in [3.63, 3.8) is 0 Å². The highest BCUT2D eigenvalue weighted by Crippen LogP contribution is 1.83. The first-order valence-corrected chi connectivity index (χ1v) is 4.85. The lowest BCUT2D eigenvalue weighted by Crippen LogP contribution is -2.11. The van der Waals surface area contributed by atoms with Gasteiger partial charge in [0.25, 0.3) is 0 Å². The van der Waals surface area contributed by atoms with Crippen molar-refractivity contribution in [1.82, 2.24) is 0 Å². The van der Waals surface area contributed by atoms with E-state index in [9.17, 15) is 4.79 Å². The molecule has 0 fully saturated rings. The Hall–Kier alpha value is -0.580. The van der Waals surface area contributed by atoms with Gasteiger partial charge in [0.1, 0.15) is 6.61 Å². The fourth-order valence-electron chi connectivity index (χ4n) is 0.637. The van der Waals surface area contributed by atoms with Gasteiger partial charge in [0, 0.05) is 12.0 Å². The number of halogens is 1. The summed E-state index contributed by atoms with van der Waals surface area (Å²) in [7, 11) is 0. The number of alkyl halides is 1. The molecule has 0 aromatic carbocycles. The first-order chi connectivity index (χ1) is 6.81. The maximum Gasteiger partial charge on any atom is 0.330 e. The van der Waals surface area contributed by atoms with E-state index in [1.54, 1.807) is 0 Å². The number of ether oxygens (including phenoxy) is 3. The summed E-state index contributed by atoms with van der Waals surface area (Å²) < 4.78 is 14.8. The molecule has 0 aromatic rings. The lowest BCUT2D eigenvalue weighted by atomic mass is 10.6. The van der Waals surface area contributed by atoms with Crippen molar-refractivity contribution in [3.8, 4) is 0 Å². The van der Waals surface area contributed by atoms with Crippen LogP contribution >= 0.6 is 11.6 Å². The topological polar surface area (TPSA) is 44.8 Å². The van der Waals surface area contributed by atoms with Gasteiger partial charge >= 0.3 is 5.97 Å². The smallest absolute Gasteiger partial charge is 0.330 e. The van der Waals surface area contributed by atoms with Crippen LogP contribution in [0.15, 0.2) is 12.7 Å². The fraction of sp³-hybridized carbons (Fsp3) is 0.667. The molecule has 0 amide bonds. The van der Waals surface area contributed by atoms with E-state index < -0.39 is 5.97 Å². The third-order valence-corrected chi connectivity index (χ3v) is 1.39. The van der Waals surface area contributed by atoms with E-state index >= 15 is 0 Å². The standard InChI is InChI=1S/C9H15ClO4/c1-2-9(11)14-8-7-13-6-5-12-4-3-10/h2H,1,3-8H2. The summed E-state index contributed by atoms with van der Waals surface area (Å²) in [5.74, 6) is 0.0451. The van der Waals surface area contributed by atoms with Crippen LogP contribution in [0, 0.1) is 0 Å². The van der Waals surface area contributed by atoms with E-state index in [2.05, 4.69) is 11.3 Å². The van der Waals surface area contributed by atoms with Crippen LogP contribution in [-0.4, -0.2) is 44.9 Å². The molecule has 0 aliphatic heterocycles. The minimum atomic E-state index is -0.438. The Bertz CT molecular complexity index is 161. The largest absolute Gasteiger partial charge is 0.460 e. The van der Waals surface area contributed by atoms with Gasteiger partial charge < -0.3 is 14.2 Å². The van der Waals surface area contributed by atoms with Gasteiger partial charge in [0.2, 0.25) is 0 Å². The Morgan fingerprint density at radius 3 is 2.29 bits per heavy atom. The van der Waals surface area contributed by atoms with Gasteiger partial charge in [-0.25, -0.2) is 4.79 Å². The van der Waals surface area contributed by atoms with Crippen molar-refractivity contribution in [1.29, 1.82) is 0 Å². The highest BCUT2D eigenvalue weighted by atomic mass is 35.5. The molecule has 0 saturated carbocycles. The monoisotopic (exact) mass is 222 g/mol. The quantitative estimate of drug-likeness (QED) is 0.253. The van der Waals surface area contributed by atoms with Gasteiger partial charge in [-0.2, -0.15) is 0 Å². The third kappa shape index (κ3) is 9.51. The number of carbonyl (C=O) groups excluding carboxylic acids is 1. The summed E-state index contributed by atoms with van der Waals surface area (Å²) in [5.41, 5.74) is 0. The van der Waals surface area contributed by atoms with Crippen LogP contribution in [-0.2, 0) is 19.0 Å². The van der Waals surface area contributed by atoms with Crippen molar-refractivity contribution in [2.75, 3.05) is 38.9 Å². The van der Waals surface area contributed by atoms with Crippen LogP contribution in [0.25, 0.3) is 0 Å². The molecule has 0 unspecified atom stereocenters. The normalized spacial score (nSPS) is 9.79. The maximum atomic E-state index is 10.6. The van der Waals surface area contributed by atoms with Crippen molar-refractivity contribution < 1.29 is 19.0 Å². The molecule has 0 aliphatic carbocycles. The summed E-state index contributed by atoms with van der Waals surface area (Å²) in [6.45, 7) is 5.36. The van der Waals surface area contributed by atoms with Crippen LogP contribution < -0.4 is 0 Å². The van der Waals surface area contributed by atoms with Crippen molar-refractivity contribution in [2.24, 2.45) is 0 Å². The number of hydrogen-bond donors (Lipinski definition) is 0. The lowest BCUT2D eigenvalue weighted by molar-refractivity contribution is -0.139. The molecule has 0 atom stereocenters. The third-order valence-electron chi connectivity index (χ3n) is 1.23. The summed E-state index contributed by atoms with van der Waals surface area (Å²) in [6, 6.07) is 0. The Morgan fingerprint density at radius 1 is 1.14 bits per heavy atom. The molecule has 0 saturated heterocycles. The molecule has 0 radical (unpaired) electrons. The van der Waals surface area contributed by atoms with Crippen molar-refractivity contribution >= 4 is 17.6 Å². The molecular weight excluding hydrogens is 208 g/mol. The summed E-state index contributed by atoms with van der Waals surface area (Å²) in [5, 5.41) is 0. The average Bonchev–Trinajstić information content (AvgIpc) is 2.21. The van der Waals surface area contributed by atoms with E-state index in [0.29, 0.717) is 32.3 Å². The minimum Gasteiger partial charge on any atom is -0.460 e. The lowest BCUT2D eigenvalue weighted by Gasteiger charge is -2.04. The molecule has 0 N–H and O–H groups in total.